The van der Waals surface area contributed by atoms with Gasteiger partial charge >= 0.3 is 5.97 Å². The van der Waals surface area contributed by atoms with Crippen LogP contribution in [0.1, 0.15) is 38.5 Å². The topological polar surface area (TPSA) is 78.6 Å². The minimum absolute atomic E-state index is 0.202. The molecule has 1 saturated carbocycles. The molecule has 16 heavy (non-hydrogen) atoms. The highest BCUT2D eigenvalue weighted by Gasteiger charge is 2.47. The highest BCUT2D eigenvalue weighted by molar-refractivity contribution is 5.87. The van der Waals surface area contributed by atoms with Crippen LogP contribution in [0.2, 0.25) is 0 Å². The van der Waals surface area contributed by atoms with Crippen LogP contribution in [0.5, 0.6) is 0 Å². The zero-order valence-corrected chi connectivity index (χ0v) is 9.24. The van der Waals surface area contributed by atoms with Crippen molar-refractivity contribution in [2.75, 3.05) is 6.61 Å². The third-order valence-corrected chi connectivity index (χ3v) is 3.34. The lowest BCUT2D eigenvalue weighted by molar-refractivity contribution is -0.214. The first kappa shape index (κ1) is 11.4. The molecule has 1 heterocycles. The lowest BCUT2D eigenvalue weighted by atomic mass is 10.1. The van der Waals surface area contributed by atoms with Gasteiger partial charge < -0.3 is 15.2 Å². The second-order valence-corrected chi connectivity index (χ2v) is 4.55. The molecule has 1 aliphatic heterocycles. The molecule has 0 bridgehead atoms. The minimum atomic E-state index is -1.49. The van der Waals surface area contributed by atoms with Crippen LogP contribution in [-0.4, -0.2) is 24.3 Å². The van der Waals surface area contributed by atoms with Gasteiger partial charge in [-0.3, -0.25) is 9.59 Å². The number of carbonyl (C=O) groups is 2. The summed E-state index contributed by atoms with van der Waals surface area (Å²) in [6, 6.07) is 0. The van der Waals surface area contributed by atoms with Crippen LogP contribution >= 0.6 is 0 Å². The first-order chi connectivity index (χ1) is 7.62. The fraction of sp³-hybridized carbons (Fsp3) is 0.818. The molecule has 0 aromatic carbocycles. The van der Waals surface area contributed by atoms with Gasteiger partial charge in [0.2, 0.25) is 0 Å². The number of amides is 1. The summed E-state index contributed by atoms with van der Waals surface area (Å²) in [5.74, 6) is -2.13. The molecule has 1 aliphatic carbocycles. The maximum Gasteiger partial charge on any atom is 0.309 e. The van der Waals surface area contributed by atoms with Crippen LogP contribution in [0.4, 0.5) is 0 Å². The van der Waals surface area contributed by atoms with E-state index in [9.17, 15) is 9.59 Å². The summed E-state index contributed by atoms with van der Waals surface area (Å²) in [4.78, 5) is 22.3. The Morgan fingerprint density at radius 3 is 2.69 bits per heavy atom. The molecule has 0 radical (unpaired) electrons. The van der Waals surface area contributed by atoms with Crippen molar-refractivity contribution in [3.05, 3.63) is 0 Å². The monoisotopic (exact) mass is 227 g/mol. The van der Waals surface area contributed by atoms with Gasteiger partial charge in [-0.15, -0.1) is 0 Å². The number of ether oxygens (including phenoxy) is 2. The van der Waals surface area contributed by atoms with E-state index in [1.54, 1.807) is 0 Å². The van der Waals surface area contributed by atoms with Gasteiger partial charge in [0.05, 0.1) is 13.0 Å². The average molecular weight is 227 g/mol. The summed E-state index contributed by atoms with van der Waals surface area (Å²) in [5, 5.41) is 0. The van der Waals surface area contributed by atoms with E-state index in [0.29, 0.717) is 12.5 Å². The van der Waals surface area contributed by atoms with E-state index in [4.69, 9.17) is 15.2 Å². The van der Waals surface area contributed by atoms with Gasteiger partial charge in [-0.2, -0.15) is 0 Å². The van der Waals surface area contributed by atoms with Crippen molar-refractivity contribution in [3.8, 4) is 0 Å². The molecule has 5 nitrogen and oxygen atoms in total. The van der Waals surface area contributed by atoms with Crippen LogP contribution in [0.25, 0.3) is 0 Å². The van der Waals surface area contributed by atoms with Gasteiger partial charge in [0.25, 0.3) is 11.7 Å². The Morgan fingerprint density at radius 1 is 1.50 bits per heavy atom. The van der Waals surface area contributed by atoms with Gasteiger partial charge in [-0.1, -0.05) is 12.8 Å². The summed E-state index contributed by atoms with van der Waals surface area (Å²) in [6.07, 6.45) is 5.09. The lowest BCUT2D eigenvalue weighted by Gasteiger charge is -2.25. The third-order valence-electron chi connectivity index (χ3n) is 3.34. The first-order valence-corrected chi connectivity index (χ1v) is 5.78. The molecule has 0 aromatic rings. The summed E-state index contributed by atoms with van der Waals surface area (Å²) >= 11 is 0. The molecule has 2 aliphatic rings. The Morgan fingerprint density at radius 2 is 2.19 bits per heavy atom. The molecule has 1 unspecified atom stereocenters. The van der Waals surface area contributed by atoms with Crippen LogP contribution in [0.3, 0.4) is 0 Å². The Balaban J connectivity index is 1.92. The molecule has 5 heteroatoms. The number of nitrogens with two attached hydrogens (primary N) is 1. The Labute approximate surface area is 94.3 Å². The molecule has 2 N–H and O–H groups in total. The van der Waals surface area contributed by atoms with Crippen molar-refractivity contribution in [2.45, 2.75) is 44.3 Å². The minimum Gasteiger partial charge on any atom is -0.423 e. The Kier molecular flexibility index (Phi) is 3.14. The van der Waals surface area contributed by atoms with E-state index < -0.39 is 17.7 Å². The predicted molar refractivity (Wildman–Crippen MR) is 55.2 cm³/mol. The van der Waals surface area contributed by atoms with Crippen LogP contribution in [0, 0.1) is 5.92 Å². The Bertz CT molecular complexity index is 298. The highest BCUT2D eigenvalue weighted by Crippen LogP contribution is 2.31. The fourth-order valence-corrected chi connectivity index (χ4v) is 2.33. The van der Waals surface area contributed by atoms with E-state index in [1.165, 1.54) is 12.8 Å². The molecule has 0 spiro atoms. The van der Waals surface area contributed by atoms with Crippen molar-refractivity contribution in [3.63, 3.8) is 0 Å². The number of hydrogen-bond acceptors (Lipinski definition) is 4. The van der Waals surface area contributed by atoms with Crippen molar-refractivity contribution in [1.82, 2.24) is 0 Å². The van der Waals surface area contributed by atoms with Gasteiger partial charge in [0.1, 0.15) is 0 Å². The summed E-state index contributed by atoms with van der Waals surface area (Å²) in [5.41, 5.74) is 5.24. The van der Waals surface area contributed by atoms with Gasteiger partial charge in [0.15, 0.2) is 0 Å². The number of cyclic esters (lactones) is 1. The van der Waals surface area contributed by atoms with E-state index in [1.807, 2.05) is 0 Å². The molecule has 2 rings (SSSR count). The summed E-state index contributed by atoms with van der Waals surface area (Å²) in [6.45, 7) is 0.455. The molecule has 2 fully saturated rings. The normalized spacial score (nSPS) is 30.6. The Hall–Kier alpha value is -1.10. The fourth-order valence-electron chi connectivity index (χ4n) is 2.33. The smallest absolute Gasteiger partial charge is 0.309 e. The van der Waals surface area contributed by atoms with Crippen LogP contribution in [0.15, 0.2) is 0 Å². The zero-order chi connectivity index (χ0) is 11.6. The number of carbonyl (C=O) groups excluding carboxylic acids is 2. The molecule has 1 amide bonds. The second-order valence-electron chi connectivity index (χ2n) is 4.55. The second kappa shape index (κ2) is 4.41. The van der Waals surface area contributed by atoms with Crippen molar-refractivity contribution < 1.29 is 19.1 Å². The van der Waals surface area contributed by atoms with Crippen molar-refractivity contribution >= 4 is 11.9 Å². The molecule has 0 aromatic heterocycles. The number of esters is 1. The largest absolute Gasteiger partial charge is 0.423 e. The lowest BCUT2D eigenvalue weighted by Crippen LogP contribution is -2.46. The predicted octanol–water partition coefficient (Wildman–Crippen LogP) is 0.712. The molecule has 90 valence electrons. The first-order valence-electron chi connectivity index (χ1n) is 5.78. The number of hydrogen-bond donors (Lipinski definition) is 1. The number of rotatable bonds is 4. The van der Waals surface area contributed by atoms with E-state index in [2.05, 4.69) is 0 Å². The molecule has 1 atom stereocenters. The van der Waals surface area contributed by atoms with E-state index in [-0.39, 0.29) is 12.8 Å². The van der Waals surface area contributed by atoms with Crippen LogP contribution < -0.4 is 5.73 Å². The molecular weight excluding hydrogens is 210 g/mol. The molecule has 1 saturated heterocycles. The standard InChI is InChI=1S/C11H17NO4/c12-10(14)11(6-5-9(13)16-11)15-7-8-3-1-2-4-8/h8H,1-7H2,(H2,12,14). The zero-order valence-electron chi connectivity index (χ0n) is 9.24. The average Bonchev–Trinajstić information content (AvgIpc) is 2.84. The van der Waals surface area contributed by atoms with E-state index in [0.717, 1.165) is 12.8 Å². The van der Waals surface area contributed by atoms with Crippen LogP contribution in [-0.2, 0) is 19.1 Å². The maximum atomic E-state index is 11.3. The van der Waals surface area contributed by atoms with E-state index >= 15 is 0 Å². The third kappa shape index (κ3) is 2.19. The van der Waals surface area contributed by atoms with Crippen molar-refractivity contribution in [2.24, 2.45) is 11.7 Å². The van der Waals surface area contributed by atoms with Gasteiger partial charge in [-0.05, 0) is 18.8 Å². The summed E-state index contributed by atoms with van der Waals surface area (Å²) in [7, 11) is 0. The van der Waals surface area contributed by atoms with Gasteiger partial charge in [-0.25, -0.2) is 0 Å². The highest BCUT2D eigenvalue weighted by atomic mass is 16.7. The SMILES string of the molecule is NC(=O)C1(OCC2CCCC2)CCC(=O)O1. The number of primary amides is 1. The maximum absolute atomic E-state index is 11.3. The van der Waals surface area contributed by atoms with Gasteiger partial charge in [0, 0.05) is 6.42 Å². The summed E-state index contributed by atoms with van der Waals surface area (Å²) < 4.78 is 10.4. The van der Waals surface area contributed by atoms with Crippen molar-refractivity contribution in [1.29, 1.82) is 0 Å². The molecular formula is C11H17NO4. The quantitative estimate of drug-likeness (QED) is 0.717.